The molecule has 3 heterocycles. The van der Waals surface area contributed by atoms with Crippen molar-refractivity contribution in [3.63, 3.8) is 0 Å². The second-order valence-corrected chi connectivity index (χ2v) is 11.4. The van der Waals surface area contributed by atoms with E-state index in [0.29, 0.717) is 35.4 Å². The molecule has 0 radical (unpaired) electrons. The fourth-order valence-corrected chi connectivity index (χ4v) is 5.28. The number of nitrogens with two attached hydrogens (primary N) is 1. The third-order valence-corrected chi connectivity index (χ3v) is 7.16. The van der Waals surface area contributed by atoms with E-state index in [1.165, 1.54) is 0 Å². The van der Waals surface area contributed by atoms with Crippen LogP contribution in [0.3, 0.4) is 0 Å². The van der Waals surface area contributed by atoms with Gasteiger partial charge in [-0.2, -0.15) is 0 Å². The summed E-state index contributed by atoms with van der Waals surface area (Å²) in [5.41, 5.74) is 7.72. The number of hydrogen-bond donors (Lipinski definition) is 3. The number of hydrogen-bond acceptors (Lipinski definition) is 7. The molecule has 4 aromatic rings. The van der Waals surface area contributed by atoms with E-state index in [2.05, 4.69) is 10.3 Å². The Balaban J connectivity index is 1.37. The number of carboxylic acid groups (broad SMARTS) is 1. The molecule has 5 rings (SSSR count). The molecular weight excluding hydrogens is 538 g/mol. The fourth-order valence-electron chi connectivity index (χ4n) is 5.28. The topological polar surface area (TPSA) is 149 Å². The van der Waals surface area contributed by atoms with Crippen molar-refractivity contribution in [3.05, 3.63) is 71.5 Å². The number of carboxylic acids is 1. The van der Waals surface area contributed by atoms with Gasteiger partial charge in [-0.15, -0.1) is 0 Å². The summed E-state index contributed by atoms with van der Waals surface area (Å²) in [4.78, 5) is 43.8. The van der Waals surface area contributed by atoms with Gasteiger partial charge in [0.2, 0.25) is 0 Å². The summed E-state index contributed by atoms with van der Waals surface area (Å²) in [6.45, 7) is 6.45. The first kappa shape index (κ1) is 28.9. The van der Waals surface area contributed by atoms with Crippen LogP contribution in [0.15, 0.2) is 54.6 Å². The fraction of sp³-hybridized carbons (Fsp3) is 0.355. The normalized spacial score (nSPS) is 15.2. The number of fused-ring (bicyclic) bond motifs is 2. The van der Waals surface area contributed by atoms with Gasteiger partial charge in [-0.3, -0.25) is 5.32 Å². The molecular formula is C31H35N5O6. The summed E-state index contributed by atoms with van der Waals surface area (Å²) in [5, 5.41) is 15.2. The molecule has 2 amide bonds. The van der Waals surface area contributed by atoms with Crippen LogP contribution in [0, 0.1) is 0 Å². The van der Waals surface area contributed by atoms with Crippen molar-refractivity contribution in [2.24, 2.45) is 5.73 Å². The molecule has 2 aromatic heterocycles. The molecule has 1 atom stereocenters. The number of rotatable bonds is 7. The Kier molecular flexibility index (Phi) is 8.04. The summed E-state index contributed by atoms with van der Waals surface area (Å²) in [5.74, 6) is -1.07. The average Bonchev–Trinajstić information content (AvgIpc) is 3.56. The van der Waals surface area contributed by atoms with Crippen LogP contribution in [0.2, 0.25) is 0 Å². The number of aromatic nitrogens is 2. The van der Waals surface area contributed by atoms with E-state index >= 15 is 0 Å². The van der Waals surface area contributed by atoms with E-state index in [9.17, 15) is 19.5 Å². The van der Waals surface area contributed by atoms with Crippen LogP contribution in [-0.4, -0.2) is 62.5 Å². The van der Waals surface area contributed by atoms with E-state index in [1.807, 2.05) is 57.2 Å². The zero-order valence-electron chi connectivity index (χ0n) is 23.9. The minimum absolute atomic E-state index is 0.0397. The minimum Gasteiger partial charge on any atom is -0.477 e. The van der Waals surface area contributed by atoms with E-state index in [4.69, 9.17) is 15.2 Å². The molecule has 1 aliphatic heterocycles. The number of carbonyl (C=O) groups excluding carboxylic acids is 2. The highest BCUT2D eigenvalue weighted by Crippen LogP contribution is 2.28. The van der Waals surface area contributed by atoms with Gasteiger partial charge in [0.15, 0.2) is 0 Å². The lowest BCUT2D eigenvalue weighted by Gasteiger charge is -2.28. The molecule has 1 saturated heterocycles. The largest absolute Gasteiger partial charge is 0.477 e. The first-order chi connectivity index (χ1) is 20.0. The number of ether oxygens (including phenoxy) is 2. The third-order valence-electron chi connectivity index (χ3n) is 7.16. The molecule has 0 aliphatic carbocycles. The van der Waals surface area contributed by atoms with Gasteiger partial charge in [-0.25, -0.2) is 19.4 Å². The smallest absolute Gasteiger partial charge is 0.411 e. The molecule has 2 aromatic carbocycles. The first-order valence-corrected chi connectivity index (χ1v) is 13.9. The third kappa shape index (κ3) is 6.31. The van der Waals surface area contributed by atoms with E-state index < -0.39 is 23.8 Å². The van der Waals surface area contributed by atoms with Crippen LogP contribution in [0.5, 0.6) is 0 Å². The molecule has 0 bridgehead atoms. The standard InChI is InChI=1S/C31H35N5O6/c1-31(2,3)42-30(40)35-12-6-8-24(35)18-41-29(39)34-23-13-19-7-4-5-9-25(19)21(14-23)17-36-26(28(37)38)15-20-10-11-22(16-32)33-27(20)36/h4-5,7,9-11,13-15,24H,6,8,12,16-18,32H2,1-3H3,(H,34,39)(H,37,38)/t24-/m1/s1. The van der Waals surface area contributed by atoms with Crippen molar-refractivity contribution in [2.75, 3.05) is 18.5 Å². The van der Waals surface area contributed by atoms with Gasteiger partial charge in [0.05, 0.1) is 18.3 Å². The maximum atomic E-state index is 12.9. The number of nitrogens with zero attached hydrogens (tertiary/aromatic N) is 3. The number of amides is 2. The van der Waals surface area contributed by atoms with Crippen molar-refractivity contribution in [1.82, 2.24) is 14.5 Å². The molecule has 0 spiro atoms. The number of nitrogens with one attached hydrogen (secondary N) is 1. The maximum absolute atomic E-state index is 12.9. The highest BCUT2D eigenvalue weighted by atomic mass is 16.6. The number of carbonyl (C=O) groups is 3. The summed E-state index contributed by atoms with van der Waals surface area (Å²) in [6.07, 6.45) is 0.443. The Labute approximate surface area is 243 Å². The lowest BCUT2D eigenvalue weighted by molar-refractivity contribution is 0.0165. The lowest BCUT2D eigenvalue weighted by atomic mass is 10.0. The van der Waals surface area contributed by atoms with Crippen molar-refractivity contribution >= 4 is 45.6 Å². The number of benzene rings is 2. The highest BCUT2D eigenvalue weighted by Gasteiger charge is 2.33. The van der Waals surface area contributed by atoms with Crippen LogP contribution < -0.4 is 11.1 Å². The average molecular weight is 574 g/mol. The summed E-state index contributed by atoms with van der Waals surface area (Å²) < 4.78 is 12.7. The summed E-state index contributed by atoms with van der Waals surface area (Å²) in [7, 11) is 0. The van der Waals surface area contributed by atoms with Crippen molar-refractivity contribution < 1.29 is 29.0 Å². The van der Waals surface area contributed by atoms with Gasteiger partial charge in [0, 0.05) is 24.2 Å². The quantitative estimate of drug-likeness (QED) is 0.268. The zero-order chi connectivity index (χ0) is 30.0. The van der Waals surface area contributed by atoms with Crippen LogP contribution in [0.4, 0.5) is 15.3 Å². The zero-order valence-corrected chi connectivity index (χ0v) is 23.9. The molecule has 11 nitrogen and oxygen atoms in total. The van der Waals surface area contributed by atoms with Crippen molar-refractivity contribution in [2.45, 2.75) is 58.3 Å². The summed E-state index contributed by atoms with van der Waals surface area (Å²) >= 11 is 0. The second kappa shape index (κ2) is 11.7. The number of anilines is 1. The van der Waals surface area contributed by atoms with Gasteiger partial charge < -0.3 is 29.8 Å². The molecule has 1 fully saturated rings. The van der Waals surface area contributed by atoms with Crippen LogP contribution in [0.25, 0.3) is 21.8 Å². The van der Waals surface area contributed by atoms with Gasteiger partial charge in [-0.05, 0) is 80.3 Å². The van der Waals surface area contributed by atoms with Crippen molar-refractivity contribution in [3.8, 4) is 0 Å². The van der Waals surface area contributed by atoms with Gasteiger partial charge in [-0.1, -0.05) is 24.3 Å². The Morgan fingerprint density at radius 2 is 1.88 bits per heavy atom. The molecule has 4 N–H and O–H groups in total. The molecule has 11 heteroatoms. The van der Waals surface area contributed by atoms with Crippen molar-refractivity contribution in [1.29, 1.82) is 0 Å². The van der Waals surface area contributed by atoms with E-state index in [0.717, 1.165) is 22.8 Å². The molecule has 0 saturated carbocycles. The Hall–Kier alpha value is -4.64. The van der Waals surface area contributed by atoms with E-state index in [-0.39, 0.29) is 31.4 Å². The minimum atomic E-state index is -1.07. The Morgan fingerprint density at radius 1 is 1.10 bits per heavy atom. The number of pyridine rings is 1. The summed E-state index contributed by atoms with van der Waals surface area (Å²) in [6, 6.07) is 16.2. The first-order valence-electron chi connectivity index (χ1n) is 13.9. The predicted molar refractivity (Wildman–Crippen MR) is 159 cm³/mol. The Morgan fingerprint density at radius 3 is 2.62 bits per heavy atom. The lowest BCUT2D eigenvalue weighted by Crippen LogP contribution is -2.42. The molecule has 220 valence electrons. The van der Waals surface area contributed by atoms with Crippen LogP contribution in [-0.2, 0) is 22.6 Å². The van der Waals surface area contributed by atoms with Gasteiger partial charge >= 0.3 is 18.2 Å². The van der Waals surface area contributed by atoms with Gasteiger partial charge in [0.1, 0.15) is 23.5 Å². The number of likely N-dealkylation sites (tertiary alicyclic amines) is 1. The SMILES string of the molecule is CC(C)(C)OC(=O)N1CCC[C@@H]1COC(=O)Nc1cc(Cn2c(C(=O)O)cc3ccc(CN)nc32)c2ccccc2c1. The number of aromatic carboxylic acids is 1. The molecule has 42 heavy (non-hydrogen) atoms. The van der Waals surface area contributed by atoms with Crippen LogP contribution >= 0.6 is 0 Å². The molecule has 1 aliphatic rings. The highest BCUT2D eigenvalue weighted by molar-refractivity contribution is 5.95. The monoisotopic (exact) mass is 573 g/mol. The second-order valence-electron chi connectivity index (χ2n) is 11.4. The maximum Gasteiger partial charge on any atom is 0.411 e. The van der Waals surface area contributed by atoms with Crippen LogP contribution in [0.1, 0.15) is 55.4 Å². The predicted octanol–water partition coefficient (Wildman–Crippen LogP) is 5.34. The Bertz CT molecular complexity index is 1660. The van der Waals surface area contributed by atoms with E-state index in [1.54, 1.807) is 27.7 Å². The molecule has 0 unspecified atom stereocenters. The van der Waals surface area contributed by atoms with Gasteiger partial charge in [0.25, 0.3) is 0 Å².